The van der Waals surface area contributed by atoms with Crippen molar-refractivity contribution in [2.45, 2.75) is 6.04 Å². The lowest BCUT2D eigenvalue weighted by molar-refractivity contribution is -0.137. The molecular formula is C16H14N2O4. The highest BCUT2D eigenvalue weighted by Gasteiger charge is 2.14. The van der Waals surface area contributed by atoms with E-state index in [2.05, 4.69) is 5.32 Å². The molecule has 2 heterocycles. The molecule has 2 aromatic rings. The van der Waals surface area contributed by atoms with E-state index in [9.17, 15) is 15.0 Å². The number of hydrogen-bond donors (Lipinski definition) is 4. The Balaban J connectivity index is 1.91. The summed E-state index contributed by atoms with van der Waals surface area (Å²) in [5.41, 5.74) is 1.50. The van der Waals surface area contributed by atoms with Gasteiger partial charge in [-0.05, 0) is 42.1 Å². The second-order valence-corrected chi connectivity index (χ2v) is 4.92. The average molecular weight is 298 g/mol. The molecule has 0 radical (unpaired) electrons. The number of aliphatic carboxylic acids is 1. The first kappa shape index (κ1) is 13.8. The number of hydrogen-bond acceptors (Lipinski definition) is 4. The Morgan fingerprint density at radius 2 is 2.05 bits per heavy atom. The lowest BCUT2D eigenvalue weighted by Gasteiger charge is -2.13. The predicted molar refractivity (Wildman–Crippen MR) is 82.4 cm³/mol. The molecule has 1 atom stereocenters. The molecule has 1 aliphatic rings. The molecule has 112 valence electrons. The van der Waals surface area contributed by atoms with Crippen molar-refractivity contribution in [3.05, 3.63) is 54.4 Å². The van der Waals surface area contributed by atoms with Gasteiger partial charge in [-0.25, -0.2) is 4.79 Å². The Labute approximate surface area is 125 Å². The zero-order valence-electron chi connectivity index (χ0n) is 11.5. The van der Waals surface area contributed by atoms with Gasteiger partial charge in [0.15, 0.2) is 11.5 Å². The van der Waals surface area contributed by atoms with Crippen LogP contribution in [0.25, 0.3) is 17.1 Å². The Morgan fingerprint density at radius 3 is 2.82 bits per heavy atom. The van der Waals surface area contributed by atoms with Crippen LogP contribution in [0, 0.1) is 0 Å². The van der Waals surface area contributed by atoms with Crippen molar-refractivity contribution in [2.24, 2.45) is 0 Å². The third kappa shape index (κ3) is 2.54. The van der Waals surface area contributed by atoms with Gasteiger partial charge in [-0.2, -0.15) is 0 Å². The highest BCUT2D eigenvalue weighted by atomic mass is 16.4. The topological polar surface area (TPSA) is 94.7 Å². The third-order valence-electron chi connectivity index (χ3n) is 3.42. The summed E-state index contributed by atoms with van der Waals surface area (Å²) in [6.07, 6.45) is 10.3. The van der Waals surface area contributed by atoms with E-state index >= 15 is 0 Å². The van der Waals surface area contributed by atoms with Crippen molar-refractivity contribution in [1.82, 2.24) is 9.88 Å². The number of fused-ring (bicyclic) bond motifs is 1. The molecule has 0 amide bonds. The maximum Gasteiger partial charge on any atom is 0.330 e. The quantitative estimate of drug-likeness (QED) is 0.650. The maximum atomic E-state index is 11.0. The van der Waals surface area contributed by atoms with Gasteiger partial charge in [-0.15, -0.1) is 0 Å². The second-order valence-electron chi connectivity index (χ2n) is 4.92. The standard InChI is InChI=1S/C16H14N2O4/c19-14-8-11-3-6-18(13(11)9-15(14)20)5-2-10-1-4-17-12(7-10)16(21)22/h1-9,12,17,19-20H,(H,21,22)/t12-/m0/s1. The van der Waals surface area contributed by atoms with Gasteiger partial charge in [0.1, 0.15) is 6.04 Å². The number of carboxylic acid groups (broad SMARTS) is 1. The van der Waals surface area contributed by atoms with Crippen LogP contribution in [0.15, 0.2) is 54.4 Å². The van der Waals surface area contributed by atoms with Gasteiger partial charge in [0.05, 0.1) is 5.52 Å². The Bertz CT molecular complexity index is 830. The monoisotopic (exact) mass is 298 g/mol. The summed E-state index contributed by atoms with van der Waals surface area (Å²) in [6.45, 7) is 0. The largest absolute Gasteiger partial charge is 0.504 e. The van der Waals surface area contributed by atoms with Gasteiger partial charge in [0, 0.05) is 23.8 Å². The lowest BCUT2D eigenvalue weighted by atomic mass is 10.1. The molecule has 0 bridgehead atoms. The Kier molecular flexibility index (Phi) is 3.34. The van der Waals surface area contributed by atoms with Gasteiger partial charge < -0.3 is 25.2 Å². The molecule has 22 heavy (non-hydrogen) atoms. The number of nitrogens with one attached hydrogen (secondary N) is 1. The summed E-state index contributed by atoms with van der Waals surface area (Å²) in [5.74, 6) is -1.29. The summed E-state index contributed by atoms with van der Waals surface area (Å²) in [6, 6.07) is 4.03. The van der Waals surface area contributed by atoms with Gasteiger partial charge >= 0.3 is 5.97 Å². The summed E-state index contributed by atoms with van der Waals surface area (Å²) >= 11 is 0. The van der Waals surface area contributed by atoms with Gasteiger partial charge in [-0.3, -0.25) is 0 Å². The number of phenolic OH excluding ortho intramolecular Hbond substituents is 2. The van der Waals surface area contributed by atoms with Crippen molar-refractivity contribution in [3.8, 4) is 11.5 Å². The third-order valence-corrected chi connectivity index (χ3v) is 3.42. The van der Waals surface area contributed by atoms with Crippen LogP contribution in [0.1, 0.15) is 0 Å². The minimum absolute atomic E-state index is 0.164. The normalized spacial score (nSPS) is 17.6. The molecule has 6 heteroatoms. The molecule has 0 saturated heterocycles. The second kappa shape index (κ2) is 5.33. The molecule has 0 spiro atoms. The molecule has 4 N–H and O–H groups in total. The van der Waals surface area contributed by atoms with Crippen LogP contribution in [-0.4, -0.2) is 31.9 Å². The number of carbonyl (C=O) groups is 1. The van der Waals surface area contributed by atoms with Crippen LogP contribution in [-0.2, 0) is 4.79 Å². The summed E-state index contributed by atoms with van der Waals surface area (Å²) < 4.78 is 1.78. The van der Waals surface area contributed by atoms with Gasteiger partial charge in [-0.1, -0.05) is 0 Å². The van der Waals surface area contributed by atoms with Crippen molar-refractivity contribution in [2.75, 3.05) is 0 Å². The van der Waals surface area contributed by atoms with Gasteiger partial charge in [0.25, 0.3) is 0 Å². The van der Waals surface area contributed by atoms with Crippen molar-refractivity contribution < 1.29 is 20.1 Å². The summed E-state index contributed by atoms with van der Waals surface area (Å²) in [5, 5.41) is 31.6. The Hall–Kier alpha value is -3.15. The van der Waals surface area contributed by atoms with E-state index in [1.165, 1.54) is 12.1 Å². The molecule has 1 aromatic heterocycles. The van der Waals surface area contributed by atoms with Crippen LogP contribution in [0.5, 0.6) is 11.5 Å². The highest BCUT2D eigenvalue weighted by molar-refractivity contribution is 5.85. The van der Waals surface area contributed by atoms with E-state index in [4.69, 9.17) is 5.11 Å². The van der Waals surface area contributed by atoms with E-state index < -0.39 is 12.0 Å². The van der Waals surface area contributed by atoms with Crippen molar-refractivity contribution >= 4 is 23.1 Å². The number of benzene rings is 1. The number of phenols is 2. The first-order valence-electron chi connectivity index (χ1n) is 6.62. The average Bonchev–Trinajstić information content (AvgIpc) is 2.88. The van der Waals surface area contributed by atoms with Crippen LogP contribution < -0.4 is 5.32 Å². The molecule has 1 aromatic carbocycles. The Morgan fingerprint density at radius 1 is 1.27 bits per heavy atom. The van der Waals surface area contributed by atoms with E-state index in [0.717, 1.165) is 16.5 Å². The zero-order chi connectivity index (χ0) is 15.7. The molecule has 0 aliphatic carbocycles. The lowest BCUT2D eigenvalue weighted by Crippen LogP contribution is -2.32. The first-order chi connectivity index (χ1) is 10.5. The fraction of sp³-hybridized carbons (Fsp3) is 0.0625. The molecule has 1 aliphatic heterocycles. The van der Waals surface area contributed by atoms with E-state index in [1.54, 1.807) is 41.4 Å². The van der Waals surface area contributed by atoms with Crippen LogP contribution in [0.2, 0.25) is 0 Å². The minimum atomic E-state index is -0.943. The van der Waals surface area contributed by atoms with E-state index in [0.29, 0.717) is 0 Å². The molecule has 0 saturated carbocycles. The number of allylic oxidation sites excluding steroid dienone is 3. The van der Waals surface area contributed by atoms with Crippen LogP contribution in [0.3, 0.4) is 0 Å². The molecule has 3 rings (SSSR count). The maximum absolute atomic E-state index is 11.0. The van der Waals surface area contributed by atoms with Crippen LogP contribution >= 0.6 is 0 Å². The number of carboxylic acids is 1. The number of aromatic hydroxyl groups is 2. The fourth-order valence-electron chi connectivity index (χ4n) is 2.27. The summed E-state index contributed by atoms with van der Waals surface area (Å²) in [4.78, 5) is 11.0. The molecule has 0 fully saturated rings. The van der Waals surface area contributed by atoms with E-state index in [1.807, 2.05) is 6.07 Å². The van der Waals surface area contributed by atoms with Crippen molar-refractivity contribution in [3.63, 3.8) is 0 Å². The number of nitrogens with zero attached hydrogens (tertiary/aromatic N) is 1. The highest BCUT2D eigenvalue weighted by Crippen LogP contribution is 2.30. The molecule has 6 nitrogen and oxygen atoms in total. The number of dihydropyridines is 1. The van der Waals surface area contributed by atoms with Crippen molar-refractivity contribution in [1.29, 1.82) is 0 Å². The fourth-order valence-corrected chi connectivity index (χ4v) is 2.27. The molecule has 0 unspecified atom stereocenters. The van der Waals surface area contributed by atoms with Gasteiger partial charge in [0.2, 0.25) is 0 Å². The number of aromatic nitrogens is 1. The smallest absolute Gasteiger partial charge is 0.330 e. The number of rotatable bonds is 3. The zero-order valence-corrected chi connectivity index (χ0v) is 11.5. The summed E-state index contributed by atoms with van der Waals surface area (Å²) in [7, 11) is 0. The minimum Gasteiger partial charge on any atom is -0.504 e. The SMILES string of the molecule is O=C(O)[C@@H]1C=C(C=Cn2ccc3cc(O)c(O)cc32)C=CN1. The first-order valence-corrected chi connectivity index (χ1v) is 6.62. The predicted octanol–water partition coefficient (Wildman–Crippen LogP) is 2.02. The van der Waals surface area contributed by atoms with Crippen LogP contribution in [0.4, 0.5) is 0 Å². The van der Waals surface area contributed by atoms with E-state index in [-0.39, 0.29) is 11.5 Å². The molecular weight excluding hydrogens is 284 g/mol.